The van der Waals surface area contributed by atoms with Crippen LogP contribution in [0.3, 0.4) is 0 Å². The summed E-state index contributed by atoms with van der Waals surface area (Å²) in [6.07, 6.45) is 4.94. The predicted molar refractivity (Wildman–Crippen MR) is 72.9 cm³/mol. The summed E-state index contributed by atoms with van der Waals surface area (Å²) in [5.74, 6) is 0.641. The van der Waals surface area contributed by atoms with Crippen molar-refractivity contribution in [1.29, 1.82) is 0 Å². The summed E-state index contributed by atoms with van der Waals surface area (Å²) in [4.78, 5) is 0. The molecular weight excluding hydrogens is 242 g/mol. The summed E-state index contributed by atoms with van der Waals surface area (Å²) in [7, 11) is 3.17. The minimum atomic E-state index is -1.06. The summed E-state index contributed by atoms with van der Waals surface area (Å²) in [5.41, 5.74) is 5.91. The SMILES string of the molecule is COC1=CC(N)(N=Nc2ccccc2)C(OC)C=C1. The van der Waals surface area contributed by atoms with Crippen molar-refractivity contribution in [1.82, 2.24) is 0 Å². The molecule has 0 heterocycles. The number of allylic oxidation sites excluding steroid dienone is 1. The highest BCUT2D eigenvalue weighted by atomic mass is 16.5. The molecule has 5 nitrogen and oxygen atoms in total. The molecule has 100 valence electrons. The van der Waals surface area contributed by atoms with Gasteiger partial charge in [-0.2, -0.15) is 10.2 Å². The smallest absolute Gasteiger partial charge is 0.182 e. The number of rotatable bonds is 4. The molecule has 2 atom stereocenters. The zero-order valence-corrected chi connectivity index (χ0v) is 11.0. The quantitative estimate of drug-likeness (QED) is 0.845. The van der Waals surface area contributed by atoms with E-state index in [0.29, 0.717) is 5.76 Å². The van der Waals surface area contributed by atoms with Crippen LogP contribution < -0.4 is 5.73 Å². The molecule has 0 saturated heterocycles. The Bertz CT molecular complexity index is 511. The van der Waals surface area contributed by atoms with E-state index in [4.69, 9.17) is 15.2 Å². The molecule has 1 aromatic rings. The normalized spacial score (nSPS) is 26.5. The lowest BCUT2D eigenvalue weighted by molar-refractivity contribution is 0.0868. The van der Waals surface area contributed by atoms with Crippen molar-refractivity contribution in [2.75, 3.05) is 14.2 Å². The monoisotopic (exact) mass is 259 g/mol. The highest BCUT2D eigenvalue weighted by Crippen LogP contribution is 2.25. The van der Waals surface area contributed by atoms with E-state index >= 15 is 0 Å². The van der Waals surface area contributed by atoms with Crippen molar-refractivity contribution >= 4 is 5.69 Å². The fourth-order valence-corrected chi connectivity index (χ4v) is 1.81. The zero-order valence-electron chi connectivity index (χ0n) is 11.0. The van der Waals surface area contributed by atoms with Gasteiger partial charge in [0.2, 0.25) is 0 Å². The average molecular weight is 259 g/mol. The second kappa shape index (κ2) is 5.77. The second-order valence-electron chi connectivity index (χ2n) is 4.19. The fraction of sp³-hybridized carbons (Fsp3) is 0.286. The molecule has 1 aromatic carbocycles. The van der Waals surface area contributed by atoms with Gasteiger partial charge in [0.25, 0.3) is 0 Å². The summed E-state index contributed by atoms with van der Waals surface area (Å²) in [6, 6.07) is 9.41. The summed E-state index contributed by atoms with van der Waals surface area (Å²) < 4.78 is 10.5. The van der Waals surface area contributed by atoms with Gasteiger partial charge in [0.05, 0.1) is 12.8 Å². The van der Waals surface area contributed by atoms with Gasteiger partial charge in [0.15, 0.2) is 5.66 Å². The van der Waals surface area contributed by atoms with Crippen LogP contribution >= 0.6 is 0 Å². The Morgan fingerprint density at radius 1 is 1.21 bits per heavy atom. The molecule has 0 fully saturated rings. The molecule has 1 aliphatic carbocycles. The van der Waals surface area contributed by atoms with E-state index in [2.05, 4.69) is 10.2 Å². The number of methoxy groups -OCH3 is 2. The maximum Gasteiger partial charge on any atom is 0.182 e. The van der Waals surface area contributed by atoms with Crippen molar-refractivity contribution < 1.29 is 9.47 Å². The molecule has 5 heteroatoms. The van der Waals surface area contributed by atoms with Crippen molar-refractivity contribution in [3.8, 4) is 0 Å². The third-order valence-corrected chi connectivity index (χ3v) is 2.85. The Morgan fingerprint density at radius 3 is 2.58 bits per heavy atom. The second-order valence-corrected chi connectivity index (χ2v) is 4.19. The van der Waals surface area contributed by atoms with Gasteiger partial charge in [-0.15, -0.1) is 0 Å². The van der Waals surface area contributed by atoms with Gasteiger partial charge < -0.3 is 9.47 Å². The largest absolute Gasteiger partial charge is 0.497 e. The maximum atomic E-state index is 6.23. The van der Waals surface area contributed by atoms with Crippen molar-refractivity contribution in [2.45, 2.75) is 11.8 Å². The van der Waals surface area contributed by atoms with E-state index in [1.54, 1.807) is 26.4 Å². The van der Waals surface area contributed by atoms with Crippen LogP contribution in [0.2, 0.25) is 0 Å². The number of nitrogens with zero attached hydrogens (tertiary/aromatic N) is 2. The Hall–Kier alpha value is -1.98. The van der Waals surface area contributed by atoms with E-state index in [-0.39, 0.29) is 6.10 Å². The molecule has 0 amide bonds. The number of nitrogens with two attached hydrogens (primary N) is 1. The van der Waals surface area contributed by atoms with Crippen LogP contribution in [0.25, 0.3) is 0 Å². The molecule has 0 spiro atoms. The highest BCUT2D eigenvalue weighted by molar-refractivity contribution is 5.35. The molecule has 19 heavy (non-hydrogen) atoms. The van der Waals surface area contributed by atoms with Gasteiger partial charge >= 0.3 is 0 Å². The van der Waals surface area contributed by atoms with Crippen LogP contribution in [-0.4, -0.2) is 26.0 Å². The fourth-order valence-electron chi connectivity index (χ4n) is 1.81. The lowest BCUT2D eigenvalue weighted by Gasteiger charge is -2.29. The minimum Gasteiger partial charge on any atom is -0.497 e. The van der Waals surface area contributed by atoms with Crippen LogP contribution in [0.5, 0.6) is 0 Å². The van der Waals surface area contributed by atoms with Gasteiger partial charge in [0, 0.05) is 13.2 Å². The van der Waals surface area contributed by atoms with Crippen molar-refractivity contribution in [2.24, 2.45) is 16.0 Å². The lowest BCUT2D eigenvalue weighted by Crippen LogP contribution is -2.48. The van der Waals surface area contributed by atoms with Gasteiger partial charge in [-0.1, -0.05) is 18.2 Å². The highest BCUT2D eigenvalue weighted by Gasteiger charge is 2.35. The molecule has 2 rings (SSSR count). The standard InChI is InChI=1S/C14H17N3O2/c1-18-12-8-9-13(19-2)14(15,10-12)17-16-11-6-4-3-5-7-11/h3-10,13H,15H2,1-2H3. The van der Waals surface area contributed by atoms with E-state index in [9.17, 15) is 0 Å². The number of ether oxygens (including phenoxy) is 2. The summed E-state index contributed by atoms with van der Waals surface area (Å²) in [5, 5.41) is 8.36. The van der Waals surface area contributed by atoms with Crippen molar-refractivity contribution in [3.05, 3.63) is 54.3 Å². The molecule has 0 saturated carbocycles. The van der Waals surface area contributed by atoms with Crippen molar-refractivity contribution in [3.63, 3.8) is 0 Å². The maximum absolute atomic E-state index is 6.23. The number of azo groups is 1. The lowest BCUT2D eigenvalue weighted by atomic mass is 9.98. The molecule has 1 aliphatic rings. The summed E-state index contributed by atoms with van der Waals surface area (Å²) in [6.45, 7) is 0. The van der Waals surface area contributed by atoms with E-state index < -0.39 is 5.66 Å². The zero-order chi connectivity index (χ0) is 13.7. The first kappa shape index (κ1) is 13.5. The van der Waals surface area contributed by atoms with Gasteiger partial charge in [-0.3, -0.25) is 5.73 Å². The molecular formula is C14H17N3O2. The summed E-state index contributed by atoms with van der Waals surface area (Å²) >= 11 is 0. The van der Waals surface area contributed by atoms with Crippen LogP contribution in [0.15, 0.2) is 64.5 Å². The van der Waals surface area contributed by atoms with Crippen LogP contribution in [0, 0.1) is 0 Å². The van der Waals surface area contributed by atoms with Gasteiger partial charge in [0.1, 0.15) is 11.9 Å². The third-order valence-electron chi connectivity index (χ3n) is 2.85. The minimum absolute atomic E-state index is 0.376. The first-order valence-electron chi connectivity index (χ1n) is 5.92. The first-order valence-corrected chi connectivity index (χ1v) is 5.92. The van der Waals surface area contributed by atoms with Gasteiger partial charge in [-0.05, 0) is 24.3 Å². The average Bonchev–Trinajstić information content (AvgIpc) is 2.46. The van der Waals surface area contributed by atoms with Gasteiger partial charge in [-0.25, -0.2) is 0 Å². The number of hydrogen-bond donors (Lipinski definition) is 1. The van der Waals surface area contributed by atoms with Crippen LogP contribution in [0.4, 0.5) is 5.69 Å². The Labute approximate surface area is 112 Å². The topological polar surface area (TPSA) is 69.2 Å². The molecule has 2 N–H and O–H groups in total. The van der Waals surface area contributed by atoms with E-state index in [1.165, 1.54) is 0 Å². The predicted octanol–water partition coefficient (Wildman–Crippen LogP) is 2.54. The van der Waals surface area contributed by atoms with Crippen LogP contribution in [0.1, 0.15) is 0 Å². The molecule has 0 aromatic heterocycles. The molecule has 0 aliphatic heterocycles. The molecule has 0 radical (unpaired) electrons. The number of benzene rings is 1. The van der Waals surface area contributed by atoms with Crippen LogP contribution in [-0.2, 0) is 9.47 Å². The Balaban J connectivity index is 2.26. The molecule has 0 bridgehead atoms. The number of hydrogen-bond acceptors (Lipinski definition) is 5. The Morgan fingerprint density at radius 2 is 1.95 bits per heavy atom. The first-order chi connectivity index (χ1) is 9.18. The third kappa shape index (κ3) is 3.07. The van der Waals surface area contributed by atoms with E-state index in [0.717, 1.165) is 5.69 Å². The Kier molecular flexibility index (Phi) is 4.09. The van der Waals surface area contributed by atoms with E-state index in [1.807, 2.05) is 36.4 Å². The molecule has 2 unspecified atom stereocenters.